The van der Waals surface area contributed by atoms with Crippen molar-refractivity contribution in [3.8, 4) is 0 Å². The summed E-state index contributed by atoms with van der Waals surface area (Å²) in [7, 11) is 4.79. The predicted octanol–water partition coefficient (Wildman–Crippen LogP) is 2.61. The van der Waals surface area contributed by atoms with E-state index in [1.807, 2.05) is 55.4 Å². The number of aliphatic carboxylic acids is 2. The summed E-state index contributed by atoms with van der Waals surface area (Å²) in [4.78, 5) is 82.6. The molecule has 0 spiro atoms. The number of rotatable bonds is 12. The minimum atomic E-state index is -1.80. The number of carboxylic acid groups (broad SMARTS) is 2. The number of alkyl halides is 2. The normalized spacial score (nSPS) is 8.98. The quantitative estimate of drug-likeness (QED) is 0.126. The number of halogens is 2. The largest absolute Gasteiger partial charge is 0.481 e. The van der Waals surface area contributed by atoms with Gasteiger partial charge in [0, 0.05) is 0 Å². The fraction of sp³-hybridized carbons (Fsp3) is 0.724. The highest BCUT2D eigenvalue weighted by molar-refractivity contribution is 6.26. The maximum absolute atomic E-state index is 11.1. The highest BCUT2D eigenvalue weighted by Gasteiger charge is 2.23. The standard InChI is InChI=1S/C10H14O9.C4H6O5.2C3H5ClO2.4C2H6.CH4/c1-16-8(13)4-18-7(12)3-6(11)10(15)19-5-9(14)17-2;5-2(4(8)9)1-3(6)7;2*1-6-3(5)2-4;4*1-2;/h6,11H,3-5H2,1-2H3;2,5H,1H2,(H,6,7)(H,8,9);2*2H2,1H3;4*1-2H3;1H4. The molecule has 296 valence electrons. The Morgan fingerprint density at radius 2 is 0.816 bits per heavy atom. The Kier molecular flexibility index (Phi) is 77.9. The molecule has 0 saturated carbocycles. The maximum Gasteiger partial charge on any atom is 0.344 e. The second-order valence-corrected chi connectivity index (χ2v) is 6.55. The van der Waals surface area contributed by atoms with Crippen molar-refractivity contribution in [1.82, 2.24) is 0 Å². The summed E-state index contributed by atoms with van der Waals surface area (Å²) < 4.78 is 25.4. The summed E-state index contributed by atoms with van der Waals surface area (Å²) >= 11 is 9.96. The Labute approximate surface area is 299 Å². The molecule has 4 N–H and O–H groups in total. The minimum Gasteiger partial charge on any atom is -0.481 e. The summed E-state index contributed by atoms with van der Waals surface area (Å²) in [5, 5.41) is 33.4. The van der Waals surface area contributed by atoms with E-state index < -0.39 is 86.0 Å². The van der Waals surface area contributed by atoms with Crippen LogP contribution in [0.5, 0.6) is 0 Å². The minimum absolute atomic E-state index is 0. The zero-order valence-electron chi connectivity index (χ0n) is 29.7. The Morgan fingerprint density at radius 3 is 1.02 bits per heavy atom. The smallest absolute Gasteiger partial charge is 0.344 e. The summed E-state index contributed by atoms with van der Waals surface area (Å²) in [6.45, 7) is 14.7. The number of aliphatic hydroxyl groups is 2. The summed E-state index contributed by atoms with van der Waals surface area (Å²) in [5.74, 6) is -7.51. The van der Waals surface area contributed by atoms with E-state index in [1.54, 1.807) is 0 Å². The molecule has 0 aliphatic rings. The van der Waals surface area contributed by atoms with Crippen LogP contribution < -0.4 is 0 Å². The summed E-state index contributed by atoms with van der Waals surface area (Å²) in [5.41, 5.74) is 0. The number of hydrogen-bond donors (Lipinski definition) is 4. The van der Waals surface area contributed by atoms with Crippen LogP contribution in [-0.2, 0) is 66.8 Å². The molecule has 0 aliphatic carbocycles. The molecule has 0 heterocycles. The third kappa shape index (κ3) is 67.3. The third-order valence-corrected chi connectivity index (χ3v) is 3.53. The fourth-order valence-electron chi connectivity index (χ4n) is 1.15. The zero-order chi connectivity index (χ0) is 40.3. The molecule has 0 bridgehead atoms. The molecular formula is C29H58Cl2O18. The molecule has 49 heavy (non-hydrogen) atoms. The number of carbonyl (C=O) groups is 8. The highest BCUT2D eigenvalue weighted by Crippen LogP contribution is 1.99. The van der Waals surface area contributed by atoms with Crippen molar-refractivity contribution in [2.45, 2.75) is 87.9 Å². The van der Waals surface area contributed by atoms with E-state index in [-0.39, 0.29) is 19.2 Å². The molecule has 0 radical (unpaired) electrons. The molecule has 2 unspecified atom stereocenters. The predicted molar refractivity (Wildman–Crippen MR) is 180 cm³/mol. The van der Waals surface area contributed by atoms with E-state index in [9.17, 15) is 43.5 Å². The van der Waals surface area contributed by atoms with Gasteiger partial charge in [-0.15, -0.1) is 23.2 Å². The number of aliphatic hydroxyl groups excluding tert-OH is 2. The van der Waals surface area contributed by atoms with Gasteiger partial charge in [0.15, 0.2) is 25.4 Å². The number of esters is 6. The summed E-state index contributed by atoms with van der Waals surface area (Å²) in [6.07, 6.45) is -5.05. The van der Waals surface area contributed by atoms with Crippen molar-refractivity contribution in [3.63, 3.8) is 0 Å². The van der Waals surface area contributed by atoms with E-state index in [0.717, 1.165) is 14.2 Å². The van der Waals surface area contributed by atoms with E-state index in [4.69, 9.17) is 38.5 Å². The van der Waals surface area contributed by atoms with Gasteiger partial charge in [-0.2, -0.15) is 0 Å². The third-order valence-electron chi connectivity index (χ3n) is 3.10. The first-order chi connectivity index (χ1) is 22.6. The second-order valence-electron chi connectivity index (χ2n) is 6.01. The Hall–Kier alpha value is -3.74. The van der Waals surface area contributed by atoms with E-state index >= 15 is 0 Å². The molecule has 2 atom stereocenters. The van der Waals surface area contributed by atoms with Crippen LogP contribution in [0.25, 0.3) is 0 Å². The van der Waals surface area contributed by atoms with Gasteiger partial charge in [0.1, 0.15) is 11.8 Å². The van der Waals surface area contributed by atoms with Crippen molar-refractivity contribution in [3.05, 3.63) is 0 Å². The summed E-state index contributed by atoms with van der Waals surface area (Å²) in [6, 6.07) is 0. The fourth-order valence-corrected chi connectivity index (χ4v) is 1.36. The molecule has 0 aromatic rings. The molecule has 0 amide bonds. The van der Waals surface area contributed by atoms with Gasteiger partial charge in [-0.25, -0.2) is 19.2 Å². The molecule has 0 aliphatic heterocycles. The highest BCUT2D eigenvalue weighted by atomic mass is 35.5. The van der Waals surface area contributed by atoms with Gasteiger partial charge in [0.05, 0.1) is 41.3 Å². The van der Waals surface area contributed by atoms with Gasteiger partial charge in [0.2, 0.25) is 0 Å². The first kappa shape index (κ1) is 67.4. The van der Waals surface area contributed by atoms with E-state index in [0.29, 0.717) is 0 Å². The zero-order valence-corrected chi connectivity index (χ0v) is 31.2. The Bertz CT molecular complexity index is 795. The van der Waals surface area contributed by atoms with Crippen LogP contribution in [0.1, 0.15) is 75.7 Å². The van der Waals surface area contributed by atoms with Gasteiger partial charge >= 0.3 is 47.8 Å². The van der Waals surface area contributed by atoms with Gasteiger partial charge in [-0.3, -0.25) is 19.2 Å². The van der Waals surface area contributed by atoms with Crippen molar-refractivity contribution in [1.29, 1.82) is 0 Å². The van der Waals surface area contributed by atoms with Crippen LogP contribution in [0.2, 0.25) is 0 Å². The number of methoxy groups -OCH3 is 4. The monoisotopic (exact) mass is 764 g/mol. The average Bonchev–Trinajstić information content (AvgIpc) is 3.12. The molecule has 0 rings (SSSR count). The lowest BCUT2D eigenvalue weighted by atomic mass is 10.2. The van der Waals surface area contributed by atoms with E-state index in [2.05, 4.69) is 28.4 Å². The molecule has 20 heteroatoms. The molecule has 0 saturated heterocycles. The van der Waals surface area contributed by atoms with Crippen molar-refractivity contribution >= 4 is 71.0 Å². The lowest BCUT2D eigenvalue weighted by Gasteiger charge is -2.09. The maximum atomic E-state index is 11.1. The van der Waals surface area contributed by atoms with Gasteiger partial charge in [0.25, 0.3) is 0 Å². The molecule has 0 aromatic heterocycles. The number of ether oxygens (including phenoxy) is 6. The first-order valence-corrected chi connectivity index (χ1v) is 15.2. The van der Waals surface area contributed by atoms with Crippen LogP contribution in [0.3, 0.4) is 0 Å². The molecular weight excluding hydrogens is 707 g/mol. The Balaban J connectivity index is -0.0000000639. The second kappa shape index (κ2) is 56.6. The topological polar surface area (TPSA) is 273 Å². The Morgan fingerprint density at radius 1 is 0.510 bits per heavy atom. The van der Waals surface area contributed by atoms with Crippen molar-refractivity contribution in [2.75, 3.05) is 53.4 Å². The van der Waals surface area contributed by atoms with Crippen LogP contribution >= 0.6 is 23.2 Å². The molecule has 0 aromatic carbocycles. The molecule has 18 nitrogen and oxygen atoms in total. The van der Waals surface area contributed by atoms with Gasteiger partial charge < -0.3 is 48.8 Å². The van der Waals surface area contributed by atoms with Crippen LogP contribution in [0.4, 0.5) is 0 Å². The van der Waals surface area contributed by atoms with Gasteiger partial charge in [-0.05, 0) is 0 Å². The number of hydrogen-bond acceptors (Lipinski definition) is 16. The molecule has 0 fully saturated rings. The van der Waals surface area contributed by atoms with Crippen molar-refractivity contribution in [2.24, 2.45) is 0 Å². The van der Waals surface area contributed by atoms with Gasteiger partial charge in [-0.1, -0.05) is 62.8 Å². The average molecular weight is 766 g/mol. The van der Waals surface area contributed by atoms with Crippen LogP contribution in [0.15, 0.2) is 0 Å². The van der Waals surface area contributed by atoms with E-state index in [1.165, 1.54) is 14.2 Å². The van der Waals surface area contributed by atoms with Crippen LogP contribution in [-0.4, -0.2) is 134 Å². The SMILES string of the molecule is C.CC.CC.CC.CC.COC(=O)CCl.COC(=O)CCl.COC(=O)COC(=O)CC(O)C(=O)OCC(=O)OC.O=C(O)CC(O)C(=O)O. The van der Waals surface area contributed by atoms with Crippen molar-refractivity contribution < 1.29 is 87.2 Å². The first-order valence-electron chi connectivity index (χ1n) is 14.1. The number of carboxylic acids is 2. The van der Waals surface area contributed by atoms with Crippen LogP contribution in [0, 0.1) is 0 Å². The number of carbonyl (C=O) groups excluding carboxylic acids is 6. The lowest BCUT2D eigenvalue weighted by molar-refractivity contribution is -0.167. The lowest BCUT2D eigenvalue weighted by Crippen LogP contribution is -2.29.